The standard InChI is InChI=1S/C14H22N4O4/c1-14(2,3)22-13(19)17-8-4-7-16-10-5-6-12(18(20)21)11(15)9-10/h5-6,9,16H,4,7-8,15H2,1-3H3,(H,17,19). The number of carbonyl (C=O) groups excluding carboxylic acids is 1. The lowest BCUT2D eigenvalue weighted by Gasteiger charge is -2.19. The van der Waals surface area contributed by atoms with E-state index in [4.69, 9.17) is 10.5 Å². The van der Waals surface area contributed by atoms with Crippen LogP contribution in [0.5, 0.6) is 0 Å². The molecule has 0 heterocycles. The minimum Gasteiger partial charge on any atom is -0.444 e. The van der Waals surface area contributed by atoms with Crippen molar-refractivity contribution in [1.29, 1.82) is 0 Å². The van der Waals surface area contributed by atoms with Crippen LogP contribution in [0.4, 0.5) is 21.9 Å². The molecule has 0 atom stereocenters. The zero-order valence-electron chi connectivity index (χ0n) is 13.0. The average Bonchev–Trinajstić information content (AvgIpc) is 2.35. The van der Waals surface area contributed by atoms with Crippen molar-refractivity contribution in [3.63, 3.8) is 0 Å². The second-order valence-electron chi connectivity index (χ2n) is 5.74. The molecule has 8 nitrogen and oxygen atoms in total. The molecule has 0 saturated carbocycles. The number of rotatable bonds is 6. The Morgan fingerprint density at radius 3 is 2.59 bits per heavy atom. The summed E-state index contributed by atoms with van der Waals surface area (Å²) in [6.07, 6.45) is 0.225. The molecule has 122 valence electrons. The van der Waals surface area contributed by atoms with Gasteiger partial charge in [-0.2, -0.15) is 0 Å². The Morgan fingerprint density at radius 1 is 1.36 bits per heavy atom. The SMILES string of the molecule is CC(C)(C)OC(=O)NCCCNc1ccc([N+](=O)[O-])c(N)c1. The summed E-state index contributed by atoms with van der Waals surface area (Å²) < 4.78 is 5.10. The largest absolute Gasteiger partial charge is 0.444 e. The number of nitrogens with zero attached hydrogens (tertiary/aromatic N) is 1. The molecule has 22 heavy (non-hydrogen) atoms. The molecule has 4 N–H and O–H groups in total. The van der Waals surface area contributed by atoms with Crippen LogP contribution >= 0.6 is 0 Å². The number of ether oxygens (including phenoxy) is 1. The molecule has 0 fully saturated rings. The lowest BCUT2D eigenvalue weighted by Crippen LogP contribution is -2.33. The van der Waals surface area contributed by atoms with Gasteiger partial charge in [-0.3, -0.25) is 10.1 Å². The van der Waals surface area contributed by atoms with Crippen molar-refractivity contribution in [2.45, 2.75) is 32.8 Å². The molecule has 1 aromatic rings. The first-order chi connectivity index (χ1) is 10.2. The van der Waals surface area contributed by atoms with E-state index >= 15 is 0 Å². The highest BCUT2D eigenvalue weighted by Gasteiger charge is 2.15. The maximum Gasteiger partial charge on any atom is 0.407 e. The molecular weight excluding hydrogens is 288 g/mol. The molecule has 0 aliphatic heterocycles. The number of hydrogen-bond acceptors (Lipinski definition) is 6. The van der Waals surface area contributed by atoms with E-state index in [1.165, 1.54) is 12.1 Å². The smallest absolute Gasteiger partial charge is 0.407 e. The summed E-state index contributed by atoms with van der Waals surface area (Å²) in [5, 5.41) is 16.4. The fourth-order valence-electron chi connectivity index (χ4n) is 1.66. The van der Waals surface area contributed by atoms with E-state index in [0.29, 0.717) is 25.2 Å². The molecular formula is C14H22N4O4. The highest BCUT2D eigenvalue weighted by atomic mass is 16.6. The maximum atomic E-state index is 11.4. The van der Waals surface area contributed by atoms with Crippen LogP contribution < -0.4 is 16.4 Å². The van der Waals surface area contributed by atoms with Crippen LogP contribution in [-0.2, 0) is 4.74 Å². The number of hydrogen-bond donors (Lipinski definition) is 3. The van der Waals surface area contributed by atoms with Gasteiger partial charge in [-0.05, 0) is 39.3 Å². The van der Waals surface area contributed by atoms with E-state index in [0.717, 1.165) is 0 Å². The van der Waals surface area contributed by atoms with Gasteiger partial charge in [0.25, 0.3) is 5.69 Å². The Balaban J connectivity index is 2.29. The van der Waals surface area contributed by atoms with Gasteiger partial charge in [-0.1, -0.05) is 0 Å². The normalized spacial score (nSPS) is 10.9. The number of benzene rings is 1. The summed E-state index contributed by atoms with van der Waals surface area (Å²) >= 11 is 0. The molecule has 8 heteroatoms. The third kappa shape index (κ3) is 6.29. The van der Waals surface area contributed by atoms with E-state index in [1.807, 2.05) is 0 Å². The maximum absolute atomic E-state index is 11.4. The molecule has 0 aliphatic carbocycles. The van der Waals surface area contributed by atoms with Crippen LogP contribution in [0.1, 0.15) is 27.2 Å². The predicted octanol–water partition coefficient (Wildman–Crippen LogP) is 2.50. The molecule has 1 rings (SSSR count). The van der Waals surface area contributed by atoms with E-state index < -0.39 is 16.6 Å². The van der Waals surface area contributed by atoms with Gasteiger partial charge in [-0.15, -0.1) is 0 Å². The number of nitro groups is 1. The van der Waals surface area contributed by atoms with Crippen molar-refractivity contribution < 1.29 is 14.5 Å². The van der Waals surface area contributed by atoms with Gasteiger partial charge in [0.05, 0.1) is 4.92 Å². The van der Waals surface area contributed by atoms with E-state index in [9.17, 15) is 14.9 Å². The Kier molecular flexibility index (Phi) is 5.97. The molecule has 0 saturated heterocycles. The number of nitrogens with one attached hydrogen (secondary N) is 2. The van der Waals surface area contributed by atoms with Crippen LogP contribution in [0.2, 0.25) is 0 Å². The molecule has 0 aromatic heterocycles. The summed E-state index contributed by atoms with van der Waals surface area (Å²) in [4.78, 5) is 21.5. The van der Waals surface area contributed by atoms with Gasteiger partial charge in [-0.25, -0.2) is 4.79 Å². The lowest BCUT2D eigenvalue weighted by atomic mass is 10.2. The molecule has 0 bridgehead atoms. The number of nitro benzene ring substituents is 1. The fourth-order valence-corrected chi connectivity index (χ4v) is 1.66. The van der Waals surface area contributed by atoms with Gasteiger partial charge in [0, 0.05) is 24.8 Å². The summed E-state index contributed by atoms with van der Waals surface area (Å²) in [5.74, 6) is 0. The van der Waals surface area contributed by atoms with Gasteiger partial charge >= 0.3 is 6.09 Å². The second kappa shape index (κ2) is 7.48. The average molecular weight is 310 g/mol. The molecule has 1 amide bonds. The van der Waals surface area contributed by atoms with Gasteiger partial charge in [0.2, 0.25) is 0 Å². The summed E-state index contributed by atoms with van der Waals surface area (Å²) in [6.45, 7) is 6.45. The zero-order valence-corrected chi connectivity index (χ0v) is 13.0. The van der Waals surface area contributed by atoms with Crippen LogP contribution in [-0.4, -0.2) is 29.7 Å². The van der Waals surface area contributed by atoms with Crippen LogP contribution in [0.25, 0.3) is 0 Å². The Morgan fingerprint density at radius 2 is 2.05 bits per heavy atom. The van der Waals surface area contributed by atoms with Crippen molar-refractivity contribution in [2.75, 3.05) is 24.1 Å². The van der Waals surface area contributed by atoms with Crippen LogP contribution in [0, 0.1) is 10.1 Å². The van der Waals surface area contributed by atoms with Crippen molar-refractivity contribution in [1.82, 2.24) is 5.32 Å². The van der Waals surface area contributed by atoms with E-state index in [1.54, 1.807) is 26.8 Å². The highest BCUT2D eigenvalue weighted by Crippen LogP contribution is 2.24. The summed E-state index contributed by atoms with van der Waals surface area (Å²) in [5.41, 5.74) is 5.77. The van der Waals surface area contributed by atoms with Crippen LogP contribution in [0.15, 0.2) is 18.2 Å². The number of carbonyl (C=O) groups is 1. The lowest BCUT2D eigenvalue weighted by molar-refractivity contribution is -0.383. The van der Waals surface area contributed by atoms with Gasteiger partial charge in [0.15, 0.2) is 0 Å². The third-order valence-corrected chi connectivity index (χ3v) is 2.58. The Bertz CT molecular complexity index is 540. The number of anilines is 2. The quantitative estimate of drug-likeness (QED) is 0.321. The number of alkyl carbamates (subject to hydrolysis) is 1. The number of nitrogens with two attached hydrogens (primary N) is 1. The van der Waals surface area contributed by atoms with Crippen molar-refractivity contribution in [2.24, 2.45) is 0 Å². The zero-order chi connectivity index (χ0) is 16.8. The minimum atomic E-state index is -0.524. The van der Waals surface area contributed by atoms with Crippen molar-refractivity contribution in [3.05, 3.63) is 28.3 Å². The first-order valence-corrected chi connectivity index (χ1v) is 6.93. The van der Waals surface area contributed by atoms with Gasteiger partial charge in [0.1, 0.15) is 11.3 Å². The molecule has 1 aromatic carbocycles. The first-order valence-electron chi connectivity index (χ1n) is 6.93. The third-order valence-electron chi connectivity index (χ3n) is 2.58. The van der Waals surface area contributed by atoms with E-state index in [-0.39, 0.29) is 11.4 Å². The Labute approximate surface area is 129 Å². The van der Waals surface area contributed by atoms with Crippen molar-refractivity contribution in [3.8, 4) is 0 Å². The van der Waals surface area contributed by atoms with Gasteiger partial charge < -0.3 is 21.1 Å². The Hall–Kier alpha value is -2.51. The van der Waals surface area contributed by atoms with Crippen molar-refractivity contribution >= 4 is 23.2 Å². The minimum absolute atomic E-state index is 0.113. The molecule has 0 unspecified atom stereocenters. The van der Waals surface area contributed by atoms with Crippen LogP contribution in [0.3, 0.4) is 0 Å². The summed E-state index contributed by atoms with van der Waals surface area (Å²) in [6, 6.07) is 4.46. The first kappa shape index (κ1) is 17.5. The highest BCUT2D eigenvalue weighted by molar-refractivity contribution is 5.67. The second-order valence-corrected chi connectivity index (χ2v) is 5.74. The summed E-state index contributed by atoms with van der Waals surface area (Å²) in [7, 11) is 0. The topological polar surface area (TPSA) is 120 Å². The van der Waals surface area contributed by atoms with E-state index in [2.05, 4.69) is 10.6 Å². The predicted molar refractivity (Wildman–Crippen MR) is 84.9 cm³/mol. The fraction of sp³-hybridized carbons (Fsp3) is 0.500. The monoisotopic (exact) mass is 310 g/mol. The molecule has 0 aliphatic rings. The number of amides is 1. The molecule has 0 spiro atoms. The number of nitrogen functional groups attached to an aromatic ring is 1. The molecule has 0 radical (unpaired) electrons.